The maximum Gasteiger partial charge on any atom is 0.190 e. The minimum absolute atomic E-state index is 0.00218. The summed E-state index contributed by atoms with van der Waals surface area (Å²) in [5, 5.41) is 0. The molecule has 7 heteroatoms. The van der Waals surface area contributed by atoms with Crippen molar-refractivity contribution >= 4 is 21.4 Å². The molecule has 0 radical (unpaired) electrons. The van der Waals surface area contributed by atoms with Crippen molar-refractivity contribution in [3.63, 3.8) is 0 Å². The average molecular weight is 299 g/mol. The fraction of sp³-hybridized carbons (Fsp3) is 0.455. The van der Waals surface area contributed by atoms with Crippen molar-refractivity contribution in [3.8, 4) is 5.75 Å². The highest BCUT2D eigenvalue weighted by Crippen LogP contribution is 2.24. The van der Waals surface area contributed by atoms with Crippen LogP contribution in [0.1, 0.15) is 12.0 Å². The van der Waals surface area contributed by atoms with Crippen LogP contribution in [-0.2, 0) is 15.7 Å². The Morgan fingerprint density at radius 3 is 2.28 bits per heavy atom. The first-order valence-corrected chi connectivity index (χ1v) is 7.77. The first kappa shape index (κ1) is 15.2. The van der Waals surface area contributed by atoms with E-state index in [-0.39, 0.29) is 24.7 Å². The van der Waals surface area contributed by atoms with Crippen LogP contribution < -0.4 is 4.74 Å². The van der Waals surface area contributed by atoms with Gasteiger partial charge in [0, 0.05) is 12.1 Å². The van der Waals surface area contributed by atoms with Gasteiger partial charge < -0.3 is 4.74 Å². The molecule has 0 aromatic heterocycles. The number of hydrogen-bond donors (Lipinski definition) is 0. The Morgan fingerprint density at radius 2 is 1.83 bits per heavy atom. The van der Waals surface area contributed by atoms with Gasteiger partial charge in [-0.1, -0.05) is 0 Å². The van der Waals surface area contributed by atoms with Crippen LogP contribution in [-0.4, -0.2) is 27.0 Å². The Bertz CT molecular complexity index is 494. The molecule has 0 unspecified atom stereocenters. The zero-order valence-electron chi connectivity index (χ0n) is 9.75. The van der Waals surface area contributed by atoms with E-state index in [9.17, 15) is 17.2 Å². The molecule has 0 amide bonds. The van der Waals surface area contributed by atoms with Crippen LogP contribution in [0, 0.1) is 11.6 Å². The van der Waals surface area contributed by atoms with E-state index in [0.717, 1.165) is 18.4 Å². The summed E-state index contributed by atoms with van der Waals surface area (Å²) in [4.78, 5) is 0. The number of hydrogen-bond acceptors (Lipinski definition) is 3. The summed E-state index contributed by atoms with van der Waals surface area (Å²) < 4.78 is 53.4. The second-order valence-corrected chi connectivity index (χ2v) is 6.38. The smallest absolute Gasteiger partial charge is 0.190 e. The van der Waals surface area contributed by atoms with E-state index in [4.69, 9.17) is 16.3 Å². The Kier molecular flexibility index (Phi) is 5.34. The lowest BCUT2D eigenvalue weighted by Gasteiger charge is -2.09. The summed E-state index contributed by atoms with van der Waals surface area (Å²) in [7, 11) is -3.09. The summed E-state index contributed by atoms with van der Waals surface area (Å²) in [6, 6.07) is 2.17. The summed E-state index contributed by atoms with van der Waals surface area (Å²) in [6.45, 7) is -0.0683. The molecule has 0 saturated heterocycles. The van der Waals surface area contributed by atoms with E-state index in [0.29, 0.717) is 5.56 Å². The molecule has 1 rings (SSSR count). The fourth-order valence-electron chi connectivity index (χ4n) is 1.32. The predicted molar refractivity (Wildman–Crippen MR) is 65.7 cm³/mol. The Hall–Kier alpha value is -0.880. The van der Waals surface area contributed by atoms with Crippen molar-refractivity contribution in [1.82, 2.24) is 0 Å². The minimum Gasteiger partial charge on any atom is -0.488 e. The van der Waals surface area contributed by atoms with Crippen LogP contribution in [0.4, 0.5) is 8.78 Å². The molecule has 0 bridgehead atoms. The monoisotopic (exact) mass is 298 g/mol. The van der Waals surface area contributed by atoms with E-state index in [1.807, 2.05) is 0 Å². The molecule has 1 aromatic rings. The predicted octanol–water partition coefficient (Wildman–Crippen LogP) is 2.52. The third kappa shape index (κ3) is 4.78. The molecule has 1 aromatic carbocycles. The van der Waals surface area contributed by atoms with Gasteiger partial charge in [-0.2, -0.15) is 0 Å². The highest BCUT2D eigenvalue weighted by atomic mass is 35.5. The second kappa shape index (κ2) is 6.33. The molecule has 0 aliphatic heterocycles. The van der Waals surface area contributed by atoms with Crippen LogP contribution in [0.3, 0.4) is 0 Å². The van der Waals surface area contributed by atoms with Gasteiger partial charge in [-0.25, -0.2) is 17.2 Å². The number of alkyl halides is 1. The summed E-state index contributed by atoms with van der Waals surface area (Å²) in [5.41, 5.74) is 0.315. The molecule has 18 heavy (non-hydrogen) atoms. The normalized spacial score (nSPS) is 11.6. The van der Waals surface area contributed by atoms with Gasteiger partial charge in [0.05, 0.1) is 12.4 Å². The van der Waals surface area contributed by atoms with Gasteiger partial charge in [-0.15, -0.1) is 11.6 Å². The first-order chi connectivity index (χ1) is 8.33. The molecule has 0 atom stereocenters. The van der Waals surface area contributed by atoms with Gasteiger partial charge >= 0.3 is 0 Å². The van der Waals surface area contributed by atoms with E-state index in [1.165, 1.54) is 0 Å². The summed E-state index contributed by atoms with van der Waals surface area (Å²) in [6.07, 6.45) is 1.26. The second-order valence-electron chi connectivity index (χ2n) is 3.85. The van der Waals surface area contributed by atoms with Gasteiger partial charge in [0.15, 0.2) is 17.4 Å². The van der Waals surface area contributed by atoms with Gasteiger partial charge in [0.1, 0.15) is 9.84 Å². The highest BCUT2D eigenvalue weighted by molar-refractivity contribution is 7.90. The lowest BCUT2D eigenvalue weighted by atomic mass is 10.2. The average Bonchev–Trinajstić information content (AvgIpc) is 2.25. The lowest BCUT2D eigenvalue weighted by molar-refractivity contribution is 0.285. The van der Waals surface area contributed by atoms with E-state index in [1.54, 1.807) is 0 Å². The third-order valence-electron chi connectivity index (χ3n) is 2.12. The zero-order chi connectivity index (χ0) is 13.8. The van der Waals surface area contributed by atoms with Gasteiger partial charge in [0.25, 0.3) is 0 Å². The fourth-order valence-corrected chi connectivity index (χ4v) is 2.12. The van der Waals surface area contributed by atoms with E-state index in [2.05, 4.69) is 0 Å². The zero-order valence-corrected chi connectivity index (χ0v) is 11.3. The summed E-state index contributed by atoms with van der Waals surface area (Å²) in [5.74, 6) is -2.27. The van der Waals surface area contributed by atoms with Crippen molar-refractivity contribution in [2.75, 3.05) is 18.6 Å². The van der Waals surface area contributed by atoms with Crippen LogP contribution in [0.2, 0.25) is 0 Å². The third-order valence-corrected chi connectivity index (χ3v) is 3.46. The standard InChI is InChI=1S/C11H13ClF2O3S/c1-18(15,16)4-2-3-17-11-9(13)5-8(7-12)6-10(11)14/h5-6H,2-4,7H2,1H3. The Morgan fingerprint density at radius 1 is 1.28 bits per heavy atom. The number of benzene rings is 1. The molecule has 0 spiro atoms. The van der Waals surface area contributed by atoms with Gasteiger partial charge in [-0.3, -0.25) is 0 Å². The van der Waals surface area contributed by atoms with Crippen molar-refractivity contribution < 1.29 is 21.9 Å². The van der Waals surface area contributed by atoms with Crippen LogP contribution in [0.5, 0.6) is 5.75 Å². The highest BCUT2D eigenvalue weighted by Gasteiger charge is 2.12. The van der Waals surface area contributed by atoms with Crippen molar-refractivity contribution in [2.45, 2.75) is 12.3 Å². The number of rotatable bonds is 6. The molecule has 0 saturated carbocycles. The largest absolute Gasteiger partial charge is 0.488 e. The molecule has 3 nitrogen and oxygen atoms in total. The van der Waals surface area contributed by atoms with Crippen LogP contribution in [0.25, 0.3) is 0 Å². The molecule has 0 N–H and O–H groups in total. The Balaban J connectivity index is 2.63. The molecule has 0 heterocycles. The topological polar surface area (TPSA) is 43.4 Å². The quantitative estimate of drug-likeness (QED) is 0.599. The first-order valence-electron chi connectivity index (χ1n) is 5.18. The maximum absolute atomic E-state index is 13.4. The van der Waals surface area contributed by atoms with Crippen LogP contribution >= 0.6 is 11.6 Å². The number of halogens is 3. The van der Waals surface area contributed by atoms with Crippen molar-refractivity contribution in [3.05, 3.63) is 29.3 Å². The number of ether oxygens (including phenoxy) is 1. The molecular formula is C11H13ClF2O3S. The van der Waals surface area contributed by atoms with Crippen LogP contribution in [0.15, 0.2) is 12.1 Å². The van der Waals surface area contributed by atoms with Crippen molar-refractivity contribution in [2.24, 2.45) is 0 Å². The van der Waals surface area contributed by atoms with E-state index < -0.39 is 27.2 Å². The maximum atomic E-state index is 13.4. The Labute approximate surface area is 110 Å². The molecule has 0 aliphatic rings. The SMILES string of the molecule is CS(=O)(=O)CCCOc1c(F)cc(CCl)cc1F. The van der Waals surface area contributed by atoms with Gasteiger partial charge in [0.2, 0.25) is 0 Å². The molecular weight excluding hydrogens is 286 g/mol. The van der Waals surface area contributed by atoms with E-state index >= 15 is 0 Å². The summed E-state index contributed by atoms with van der Waals surface area (Å²) >= 11 is 5.46. The van der Waals surface area contributed by atoms with Gasteiger partial charge in [-0.05, 0) is 24.1 Å². The molecule has 0 fully saturated rings. The van der Waals surface area contributed by atoms with Crippen molar-refractivity contribution in [1.29, 1.82) is 0 Å². The molecule has 0 aliphatic carbocycles. The lowest BCUT2D eigenvalue weighted by Crippen LogP contribution is -2.09. The number of sulfone groups is 1. The molecule has 102 valence electrons. The minimum atomic E-state index is -3.09.